The van der Waals surface area contributed by atoms with Crippen LogP contribution in [0.2, 0.25) is 15.1 Å². The van der Waals surface area contributed by atoms with Crippen LogP contribution in [0.25, 0.3) is 0 Å². The molecule has 0 saturated carbocycles. The van der Waals surface area contributed by atoms with Crippen LogP contribution in [0.3, 0.4) is 0 Å². The fraction of sp³-hybridized carbons (Fsp3) is 0.368. The van der Waals surface area contributed by atoms with E-state index in [-0.39, 0.29) is 19.3 Å². The molecule has 0 saturated heterocycles. The normalized spacial score (nSPS) is 12.1. The monoisotopic (exact) mass is 417 g/mol. The average molecular weight is 419 g/mol. The fourth-order valence-electron chi connectivity index (χ4n) is 2.40. The highest BCUT2D eigenvalue weighted by Gasteiger charge is 2.13. The summed E-state index contributed by atoms with van der Waals surface area (Å²) in [6, 6.07) is 9.06. The average Bonchev–Trinajstić information content (AvgIpc) is 2.64. The largest absolute Gasteiger partial charge is 0.493 e. The van der Waals surface area contributed by atoms with Crippen LogP contribution in [0.4, 0.5) is 0 Å². The van der Waals surface area contributed by atoms with Crippen molar-refractivity contribution in [2.45, 2.75) is 32.5 Å². The number of rotatable bonds is 9. The van der Waals surface area contributed by atoms with Crippen molar-refractivity contribution in [1.29, 1.82) is 0 Å². The molecular weight excluding hydrogens is 397 g/mol. The van der Waals surface area contributed by atoms with Crippen molar-refractivity contribution in [1.82, 2.24) is 5.32 Å². The third kappa shape index (κ3) is 5.66. The number of hydrogen-bond acceptors (Lipinski definition) is 4. The Morgan fingerprint density at radius 1 is 1.04 bits per heavy atom. The van der Waals surface area contributed by atoms with Crippen LogP contribution < -0.4 is 14.8 Å². The second-order valence-corrected chi connectivity index (χ2v) is 7.04. The summed E-state index contributed by atoms with van der Waals surface area (Å²) in [4.78, 5) is 0. The molecule has 0 spiro atoms. The standard InChI is InChI=1S/C19H22Cl3NO3/c1-3-14(10-24)23-9-13-7-17(22)19(18(8-13)25-2)26-11-12-4-5-15(20)16(21)6-12/h4-8,14,23-24H,3,9-11H2,1-2H3/t14-/m0/s1. The van der Waals surface area contributed by atoms with Gasteiger partial charge in [0.25, 0.3) is 0 Å². The Kier molecular flexibility index (Phi) is 8.32. The predicted molar refractivity (Wildman–Crippen MR) is 107 cm³/mol. The Labute approximate surface area is 169 Å². The second kappa shape index (κ2) is 10.2. The number of aliphatic hydroxyl groups excluding tert-OH is 1. The van der Waals surface area contributed by atoms with Gasteiger partial charge in [-0.1, -0.05) is 47.8 Å². The molecule has 0 amide bonds. The number of nitrogens with one attached hydrogen (secondary N) is 1. The van der Waals surface area contributed by atoms with E-state index in [9.17, 15) is 5.11 Å². The minimum Gasteiger partial charge on any atom is -0.493 e. The van der Waals surface area contributed by atoms with E-state index in [2.05, 4.69) is 5.32 Å². The molecule has 2 rings (SSSR count). The fourth-order valence-corrected chi connectivity index (χ4v) is 3.01. The van der Waals surface area contributed by atoms with Crippen molar-refractivity contribution in [3.8, 4) is 11.5 Å². The Balaban J connectivity index is 2.11. The van der Waals surface area contributed by atoms with E-state index in [1.807, 2.05) is 25.1 Å². The zero-order valence-electron chi connectivity index (χ0n) is 14.7. The van der Waals surface area contributed by atoms with Gasteiger partial charge in [-0.25, -0.2) is 0 Å². The molecule has 0 aliphatic heterocycles. The van der Waals surface area contributed by atoms with Gasteiger partial charge in [0.15, 0.2) is 11.5 Å². The number of halogens is 3. The van der Waals surface area contributed by atoms with Crippen LogP contribution in [-0.2, 0) is 13.2 Å². The molecule has 0 aliphatic rings. The van der Waals surface area contributed by atoms with Crippen LogP contribution in [0.1, 0.15) is 24.5 Å². The molecule has 0 aliphatic carbocycles. The zero-order valence-corrected chi connectivity index (χ0v) is 17.0. The molecule has 26 heavy (non-hydrogen) atoms. The van der Waals surface area contributed by atoms with Crippen LogP contribution in [0.15, 0.2) is 30.3 Å². The zero-order chi connectivity index (χ0) is 19.1. The van der Waals surface area contributed by atoms with Gasteiger partial charge in [0.2, 0.25) is 0 Å². The van der Waals surface area contributed by atoms with E-state index >= 15 is 0 Å². The Morgan fingerprint density at radius 3 is 2.38 bits per heavy atom. The first kappa shape index (κ1) is 21.1. The Bertz CT molecular complexity index is 736. The number of hydrogen-bond donors (Lipinski definition) is 2. The van der Waals surface area contributed by atoms with E-state index in [4.69, 9.17) is 44.3 Å². The van der Waals surface area contributed by atoms with E-state index in [1.165, 1.54) is 0 Å². The van der Waals surface area contributed by atoms with Crippen molar-refractivity contribution in [3.05, 3.63) is 56.5 Å². The quantitative estimate of drug-likeness (QED) is 0.595. The van der Waals surface area contributed by atoms with Crippen LogP contribution in [0, 0.1) is 0 Å². The van der Waals surface area contributed by atoms with Crippen molar-refractivity contribution in [2.75, 3.05) is 13.7 Å². The lowest BCUT2D eigenvalue weighted by atomic mass is 10.1. The second-order valence-electron chi connectivity index (χ2n) is 5.81. The van der Waals surface area contributed by atoms with Crippen molar-refractivity contribution in [2.24, 2.45) is 0 Å². The van der Waals surface area contributed by atoms with Crippen molar-refractivity contribution < 1.29 is 14.6 Å². The van der Waals surface area contributed by atoms with Gasteiger partial charge in [-0.3, -0.25) is 0 Å². The van der Waals surface area contributed by atoms with Gasteiger partial charge in [0.05, 0.1) is 28.8 Å². The molecular formula is C19H22Cl3NO3. The summed E-state index contributed by atoms with van der Waals surface area (Å²) >= 11 is 18.3. The highest BCUT2D eigenvalue weighted by atomic mass is 35.5. The molecule has 0 fully saturated rings. The maximum Gasteiger partial charge on any atom is 0.180 e. The minimum absolute atomic E-state index is 0.0466. The van der Waals surface area contributed by atoms with Gasteiger partial charge in [-0.15, -0.1) is 0 Å². The maximum absolute atomic E-state index is 9.27. The summed E-state index contributed by atoms with van der Waals surface area (Å²) in [5, 5.41) is 14.0. The van der Waals surface area contributed by atoms with Crippen molar-refractivity contribution >= 4 is 34.8 Å². The van der Waals surface area contributed by atoms with Gasteiger partial charge < -0.3 is 19.9 Å². The summed E-state index contributed by atoms with van der Waals surface area (Å²) < 4.78 is 11.3. The van der Waals surface area contributed by atoms with Gasteiger partial charge >= 0.3 is 0 Å². The molecule has 142 valence electrons. The molecule has 7 heteroatoms. The summed E-state index contributed by atoms with van der Waals surface area (Å²) in [6.45, 7) is 2.96. The van der Waals surface area contributed by atoms with Crippen LogP contribution in [-0.4, -0.2) is 24.9 Å². The van der Waals surface area contributed by atoms with E-state index in [1.54, 1.807) is 19.2 Å². The number of benzene rings is 2. The summed E-state index contributed by atoms with van der Waals surface area (Å²) in [6.07, 6.45) is 0.839. The Morgan fingerprint density at radius 2 is 1.77 bits per heavy atom. The molecule has 2 aromatic carbocycles. The molecule has 0 unspecified atom stereocenters. The summed E-state index contributed by atoms with van der Waals surface area (Å²) in [7, 11) is 1.57. The van der Waals surface area contributed by atoms with Gasteiger partial charge in [-0.05, 0) is 41.8 Å². The highest BCUT2D eigenvalue weighted by molar-refractivity contribution is 6.42. The molecule has 0 heterocycles. The lowest BCUT2D eigenvalue weighted by Crippen LogP contribution is -2.31. The van der Waals surface area contributed by atoms with E-state index < -0.39 is 0 Å². The maximum atomic E-state index is 9.27. The first-order valence-corrected chi connectivity index (χ1v) is 9.39. The highest BCUT2D eigenvalue weighted by Crippen LogP contribution is 2.37. The van der Waals surface area contributed by atoms with E-state index in [0.717, 1.165) is 17.5 Å². The molecule has 2 N–H and O–H groups in total. The molecule has 0 aromatic heterocycles. The van der Waals surface area contributed by atoms with Crippen LogP contribution >= 0.6 is 34.8 Å². The lowest BCUT2D eigenvalue weighted by molar-refractivity contribution is 0.238. The summed E-state index contributed by atoms with van der Waals surface area (Å²) in [5.74, 6) is 1.02. The van der Waals surface area contributed by atoms with Gasteiger partial charge in [-0.2, -0.15) is 0 Å². The summed E-state index contributed by atoms with van der Waals surface area (Å²) in [5.41, 5.74) is 1.82. The third-order valence-corrected chi connectivity index (χ3v) is 4.98. The first-order valence-electron chi connectivity index (χ1n) is 8.25. The number of aliphatic hydroxyl groups is 1. The number of methoxy groups -OCH3 is 1. The molecule has 4 nitrogen and oxygen atoms in total. The predicted octanol–water partition coefficient (Wildman–Crippen LogP) is 5.09. The molecule has 0 radical (unpaired) electrons. The SMILES string of the molecule is CC[C@@H](CO)NCc1cc(Cl)c(OCc2ccc(Cl)c(Cl)c2)c(OC)c1. The topological polar surface area (TPSA) is 50.7 Å². The van der Waals surface area contributed by atoms with Gasteiger partial charge in [0.1, 0.15) is 6.61 Å². The molecule has 1 atom stereocenters. The smallest absolute Gasteiger partial charge is 0.180 e. The lowest BCUT2D eigenvalue weighted by Gasteiger charge is -2.17. The molecule has 0 bridgehead atoms. The van der Waals surface area contributed by atoms with Crippen LogP contribution in [0.5, 0.6) is 11.5 Å². The molecule has 2 aromatic rings. The van der Waals surface area contributed by atoms with Gasteiger partial charge in [0, 0.05) is 12.6 Å². The van der Waals surface area contributed by atoms with E-state index in [0.29, 0.717) is 33.1 Å². The first-order chi connectivity index (χ1) is 12.5. The Hall–Kier alpha value is -1.17. The third-order valence-electron chi connectivity index (χ3n) is 3.96. The number of ether oxygens (including phenoxy) is 2. The minimum atomic E-state index is 0.0466. The van der Waals surface area contributed by atoms with Crippen molar-refractivity contribution in [3.63, 3.8) is 0 Å².